The number of nitrogens with zero attached hydrogens (tertiary/aromatic N) is 4. The number of anilines is 1. The molecule has 27 heavy (non-hydrogen) atoms. The first kappa shape index (κ1) is 16.0. The second-order valence-corrected chi connectivity index (χ2v) is 7.56. The summed E-state index contributed by atoms with van der Waals surface area (Å²) >= 11 is 1.58. The molecule has 0 fully saturated rings. The van der Waals surface area contributed by atoms with Crippen LogP contribution in [0.3, 0.4) is 0 Å². The van der Waals surface area contributed by atoms with Crippen molar-refractivity contribution in [3.63, 3.8) is 0 Å². The molecule has 0 bridgehead atoms. The minimum Gasteiger partial charge on any atom is -0.328 e. The molecule has 3 heterocycles. The molecule has 0 saturated heterocycles. The zero-order chi connectivity index (χ0) is 18.4. The number of hydrogen-bond acceptors (Lipinski definition) is 6. The molecule has 132 valence electrons. The zero-order valence-corrected chi connectivity index (χ0v) is 15.2. The van der Waals surface area contributed by atoms with E-state index in [-0.39, 0.29) is 11.8 Å². The number of fused-ring (bicyclic) bond motifs is 1. The summed E-state index contributed by atoms with van der Waals surface area (Å²) in [6.45, 7) is 0. The lowest BCUT2D eigenvalue weighted by Gasteiger charge is -2.32. The predicted octanol–water partition coefficient (Wildman–Crippen LogP) is 3.90. The third-order valence-corrected chi connectivity index (χ3v) is 5.83. The highest BCUT2D eigenvalue weighted by atomic mass is 32.1. The van der Waals surface area contributed by atoms with Crippen LogP contribution in [0, 0.1) is 11.3 Å². The molecular weight excluding hydrogens is 358 g/mol. The molecule has 6 nitrogen and oxygen atoms in total. The molecular formula is C20H15N5OS. The Bertz CT molecular complexity index is 1100. The fourth-order valence-corrected chi connectivity index (χ4v) is 4.37. The summed E-state index contributed by atoms with van der Waals surface area (Å²) in [5.74, 6) is 1.46. The van der Waals surface area contributed by atoms with Gasteiger partial charge in [-0.25, -0.2) is 4.68 Å². The van der Waals surface area contributed by atoms with Crippen molar-refractivity contribution >= 4 is 23.1 Å². The van der Waals surface area contributed by atoms with Crippen molar-refractivity contribution in [1.82, 2.24) is 14.8 Å². The molecule has 0 radical (unpaired) electrons. The van der Waals surface area contributed by atoms with Gasteiger partial charge in [-0.15, -0.1) is 16.4 Å². The summed E-state index contributed by atoms with van der Waals surface area (Å²) in [4.78, 5) is 18.4. The molecule has 3 aromatic rings. The minimum atomic E-state index is -0.321. The van der Waals surface area contributed by atoms with E-state index in [0.717, 1.165) is 34.6 Å². The lowest BCUT2D eigenvalue weighted by Crippen LogP contribution is -2.31. The predicted molar refractivity (Wildman–Crippen MR) is 102 cm³/mol. The van der Waals surface area contributed by atoms with Crippen molar-refractivity contribution < 1.29 is 4.79 Å². The maximum Gasteiger partial charge on any atom is 0.226 e. The van der Waals surface area contributed by atoms with Crippen LogP contribution in [0.25, 0.3) is 10.7 Å². The molecule has 1 aromatic carbocycles. The number of carbonyl (C=O) groups is 1. The van der Waals surface area contributed by atoms with E-state index in [4.69, 9.17) is 10.4 Å². The number of allylic oxidation sites excluding steroid dienone is 2. The van der Waals surface area contributed by atoms with Crippen LogP contribution in [0.1, 0.15) is 36.4 Å². The minimum absolute atomic E-state index is 0.150. The summed E-state index contributed by atoms with van der Waals surface area (Å²) in [6, 6.07) is 13.1. The Balaban J connectivity index is 1.68. The number of Topliss-reactive ketones (excluding diaryl/α,β-unsaturated/α-hetero) is 1. The van der Waals surface area contributed by atoms with Gasteiger partial charge in [-0.3, -0.25) is 4.79 Å². The first-order valence-electron chi connectivity index (χ1n) is 8.78. The van der Waals surface area contributed by atoms with Crippen LogP contribution in [0.2, 0.25) is 0 Å². The van der Waals surface area contributed by atoms with Crippen molar-refractivity contribution in [1.29, 1.82) is 5.26 Å². The Morgan fingerprint density at radius 1 is 1.22 bits per heavy atom. The zero-order valence-electron chi connectivity index (χ0n) is 14.3. The molecule has 5 rings (SSSR count). The fraction of sp³-hybridized carbons (Fsp3) is 0.200. The van der Waals surface area contributed by atoms with E-state index in [1.165, 1.54) is 0 Å². The van der Waals surface area contributed by atoms with Gasteiger partial charge in [0.15, 0.2) is 11.6 Å². The number of carbonyl (C=O) groups excluding carboxylic acids is 1. The second kappa shape index (κ2) is 6.18. The van der Waals surface area contributed by atoms with Gasteiger partial charge in [0.05, 0.1) is 16.5 Å². The average Bonchev–Trinajstić information content (AvgIpc) is 3.36. The van der Waals surface area contributed by atoms with Gasteiger partial charge in [0.1, 0.15) is 6.04 Å². The van der Waals surface area contributed by atoms with Crippen LogP contribution in [0.5, 0.6) is 0 Å². The summed E-state index contributed by atoms with van der Waals surface area (Å²) < 4.78 is 1.80. The number of thiophene rings is 1. The van der Waals surface area contributed by atoms with E-state index in [2.05, 4.69) is 16.4 Å². The molecule has 0 spiro atoms. The molecule has 7 heteroatoms. The molecule has 0 amide bonds. The van der Waals surface area contributed by atoms with Gasteiger partial charge in [-0.1, -0.05) is 18.2 Å². The topological polar surface area (TPSA) is 83.6 Å². The van der Waals surface area contributed by atoms with Crippen LogP contribution in [-0.2, 0) is 4.79 Å². The number of nitriles is 1. The van der Waals surface area contributed by atoms with E-state index in [1.807, 2.05) is 29.6 Å². The number of aromatic nitrogens is 3. The van der Waals surface area contributed by atoms with Crippen LogP contribution >= 0.6 is 11.3 Å². The highest BCUT2D eigenvalue weighted by Gasteiger charge is 2.36. The highest BCUT2D eigenvalue weighted by molar-refractivity contribution is 7.13. The average molecular weight is 373 g/mol. The molecule has 2 aliphatic rings. The summed E-state index contributed by atoms with van der Waals surface area (Å²) in [5, 5.41) is 19.1. The molecule has 1 aliphatic carbocycles. The molecule has 0 saturated carbocycles. The fourth-order valence-electron chi connectivity index (χ4n) is 3.71. The highest BCUT2D eigenvalue weighted by Crippen LogP contribution is 2.40. The number of rotatable bonds is 2. The lowest BCUT2D eigenvalue weighted by atomic mass is 9.85. The van der Waals surface area contributed by atoms with Crippen LogP contribution in [-0.4, -0.2) is 20.5 Å². The molecule has 1 N–H and O–H groups in total. The number of ketones is 1. The van der Waals surface area contributed by atoms with Crippen molar-refractivity contribution in [2.24, 2.45) is 0 Å². The standard InChI is InChI=1S/C20H15N5OS/c21-11-12-6-8-13(9-7-12)18-17-14(3-1-4-15(17)26)22-20-23-19(24-25(18)20)16-5-2-10-27-16/h2,5-10,18H,1,3-4H2,(H,22,23,24). The largest absolute Gasteiger partial charge is 0.328 e. The Kier molecular flexibility index (Phi) is 3.66. The van der Waals surface area contributed by atoms with E-state index in [0.29, 0.717) is 23.8 Å². The summed E-state index contributed by atoms with van der Waals surface area (Å²) in [7, 11) is 0. The lowest BCUT2D eigenvalue weighted by molar-refractivity contribution is -0.116. The Morgan fingerprint density at radius 3 is 2.81 bits per heavy atom. The Labute approximate surface area is 159 Å². The van der Waals surface area contributed by atoms with Crippen LogP contribution in [0.4, 0.5) is 5.95 Å². The number of nitrogens with one attached hydrogen (secondary N) is 1. The Morgan fingerprint density at radius 2 is 2.07 bits per heavy atom. The van der Waals surface area contributed by atoms with Gasteiger partial charge in [-0.2, -0.15) is 10.2 Å². The van der Waals surface area contributed by atoms with E-state index in [1.54, 1.807) is 28.2 Å². The quantitative estimate of drug-likeness (QED) is 0.736. The normalized spacial score (nSPS) is 18.5. The van der Waals surface area contributed by atoms with Crippen molar-refractivity contribution in [3.05, 3.63) is 64.2 Å². The molecule has 1 aliphatic heterocycles. The van der Waals surface area contributed by atoms with Gasteiger partial charge in [0, 0.05) is 17.7 Å². The van der Waals surface area contributed by atoms with E-state index in [9.17, 15) is 4.79 Å². The van der Waals surface area contributed by atoms with Gasteiger partial charge in [-0.05, 0) is 42.0 Å². The van der Waals surface area contributed by atoms with Gasteiger partial charge < -0.3 is 5.32 Å². The van der Waals surface area contributed by atoms with E-state index < -0.39 is 0 Å². The number of benzene rings is 1. The molecule has 2 aromatic heterocycles. The van der Waals surface area contributed by atoms with Gasteiger partial charge in [0.25, 0.3) is 0 Å². The van der Waals surface area contributed by atoms with Crippen LogP contribution in [0.15, 0.2) is 53.0 Å². The molecule has 1 unspecified atom stereocenters. The third-order valence-electron chi connectivity index (χ3n) is 4.97. The first-order chi connectivity index (χ1) is 13.2. The summed E-state index contributed by atoms with van der Waals surface area (Å²) in [6.07, 6.45) is 2.22. The van der Waals surface area contributed by atoms with Crippen molar-refractivity contribution in [2.45, 2.75) is 25.3 Å². The summed E-state index contributed by atoms with van der Waals surface area (Å²) in [5.41, 5.74) is 3.23. The third kappa shape index (κ3) is 2.57. The van der Waals surface area contributed by atoms with Crippen molar-refractivity contribution in [3.8, 4) is 16.8 Å². The van der Waals surface area contributed by atoms with Gasteiger partial charge >= 0.3 is 0 Å². The SMILES string of the molecule is N#Cc1ccc(C2C3=C(CCCC3=O)Nc3nc(-c4cccs4)nn32)cc1. The monoisotopic (exact) mass is 373 g/mol. The smallest absolute Gasteiger partial charge is 0.226 e. The van der Waals surface area contributed by atoms with Gasteiger partial charge in [0.2, 0.25) is 5.95 Å². The first-order valence-corrected chi connectivity index (χ1v) is 9.66. The second-order valence-electron chi connectivity index (χ2n) is 6.61. The number of hydrogen-bond donors (Lipinski definition) is 1. The molecule has 1 atom stereocenters. The van der Waals surface area contributed by atoms with E-state index >= 15 is 0 Å². The Hall–Kier alpha value is -3.24. The van der Waals surface area contributed by atoms with Crippen LogP contribution < -0.4 is 5.32 Å². The maximum absolute atomic E-state index is 12.8. The van der Waals surface area contributed by atoms with Crippen molar-refractivity contribution in [2.75, 3.05) is 5.32 Å². The maximum atomic E-state index is 12.8.